The molecule has 2 heteroatoms. The van der Waals surface area contributed by atoms with Gasteiger partial charge in [0.05, 0.1) is 0 Å². The maximum absolute atomic E-state index is 11.1. The molecule has 0 bridgehead atoms. The molecular formula is C22H33O2-. The van der Waals surface area contributed by atoms with E-state index >= 15 is 0 Å². The first-order chi connectivity index (χ1) is 11.3. The molecule has 0 fully saturated rings. The topological polar surface area (TPSA) is 40.1 Å². The minimum atomic E-state index is -0.966. The highest BCUT2D eigenvalue weighted by Crippen LogP contribution is 2.24. The third kappa shape index (κ3) is 8.33. The van der Waals surface area contributed by atoms with Crippen LogP contribution in [0.15, 0.2) is 46.6 Å². The van der Waals surface area contributed by atoms with Crippen molar-refractivity contribution < 1.29 is 9.90 Å². The van der Waals surface area contributed by atoms with Crippen LogP contribution in [-0.4, -0.2) is 5.97 Å². The quantitative estimate of drug-likeness (QED) is 0.674. The Morgan fingerprint density at radius 3 is 2.42 bits per heavy atom. The van der Waals surface area contributed by atoms with Crippen molar-refractivity contribution in [2.24, 2.45) is 11.8 Å². The van der Waals surface area contributed by atoms with Gasteiger partial charge in [0.2, 0.25) is 0 Å². The molecule has 0 saturated heterocycles. The van der Waals surface area contributed by atoms with Crippen molar-refractivity contribution in [2.45, 2.75) is 73.1 Å². The van der Waals surface area contributed by atoms with Crippen LogP contribution in [0.5, 0.6) is 0 Å². The zero-order chi connectivity index (χ0) is 18.1. The molecule has 0 aromatic heterocycles. The van der Waals surface area contributed by atoms with Crippen molar-refractivity contribution in [3.8, 4) is 0 Å². The fourth-order valence-electron chi connectivity index (χ4n) is 3.17. The van der Waals surface area contributed by atoms with Gasteiger partial charge in [-0.1, -0.05) is 60.4 Å². The average Bonchev–Trinajstić information content (AvgIpc) is 2.45. The predicted octanol–water partition coefficient (Wildman–Crippen LogP) is 5.13. The molecule has 0 aromatic rings. The number of aliphatic carboxylic acids is 1. The number of allylic oxidation sites excluding steroid dienone is 8. The lowest BCUT2D eigenvalue weighted by molar-refractivity contribution is -0.306. The largest absolute Gasteiger partial charge is 0.550 e. The molecule has 1 atom stereocenters. The Labute approximate surface area is 148 Å². The van der Waals surface area contributed by atoms with E-state index in [4.69, 9.17) is 0 Å². The smallest absolute Gasteiger partial charge is 0.0420 e. The summed E-state index contributed by atoms with van der Waals surface area (Å²) in [5, 5.41) is 11.1. The highest BCUT2D eigenvalue weighted by molar-refractivity contribution is 5.65. The Balaban J connectivity index is 3.08. The van der Waals surface area contributed by atoms with Crippen LogP contribution in [0, 0.1) is 11.8 Å². The third-order valence-corrected chi connectivity index (χ3v) is 4.70. The van der Waals surface area contributed by atoms with Gasteiger partial charge in [-0.15, -0.1) is 0 Å². The van der Waals surface area contributed by atoms with E-state index in [0.717, 1.165) is 32.1 Å². The van der Waals surface area contributed by atoms with Crippen molar-refractivity contribution in [1.82, 2.24) is 0 Å². The van der Waals surface area contributed by atoms with Crippen molar-refractivity contribution >= 4 is 5.97 Å². The summed E-state index contributed by atoms with van der Waals surface area (Å²) < 4.78 is 0. The van der Waals surface area contributed by atoms with Gasteiger partial charge in [-0.3, -0.25) is 0 Å². The Morgan fingerprint density at radius 2 is 1.79 bits per heavy atom. The van der Waals surface area contributed by atoms with Crippen LogP contribution in [0.2, 0.25) is 0 Å². The zero-order valence-electron chi connectivity index (χ0n) is 16.0. The number of carbonyl (C=O) groups is 1. The molecule has 0 N–H and O–H groups in total. The van der Waals surface area contributed by atoms with Crippen molar-refractivity contribution in [1.29, 1.82) is 0 Å². The molecule has 0 radical (unpaired) electrons. The Bertz CT molecular complexity index is 544. The lowest BCUT2D eigenvalue weighted by atomic mass is 9.91. The van der Waals surface area contributed by atoms with Crippen molar-refractivity contribution in [3.05, 3.63) is 46.6 Å². The molecule has 24 heavy (non-hydrogen) atoms. The van der Waals surface area contributed by atoms with Gasteiger partial charge in [0.25, 0.3) is 0 Å². The van der Waals surface area contributed by atoms with Crippen molar-refractivity contribution in [3.63, 3.8) is 0 Å². The second kappa shape index (κ2) is 10.3. The summed E-state index contributed by atoms with van der Waals surface area (Å²) in [6, 6.07) is 0. The van der Waals surface area contributed by atoms with Crippen LogP contribution in [0.3, 0.4) is 0 Å². The highest BCUT2D eigenvalue weighted by atomic mass is 16.4. The molecule has 1 rings (SSSR count). The first kappa shape index (κ1) is 20.5. The highest BCUT2D eigenvalue weighted by Gasteiger charge is 2.09. The molecule has 1 aliphatic carbocycles. The maximum Gasteiger partial charge on any atom is 0.0420 e. The van der Waals surface area contributed by atoms with Gasteiger partial charge in [-0.05, 0) is 71.1 Å². The van der Waals surface area contributed by atoms with E-state index in [1.165, 1.54) is 22.3 Å². The van der Waals surface area contributed by atoms with Gasteiger partial charge in [-0.25, -0.2) is 0 Å². The maximum atomic E-state index is 11.1. The van der Waals surface area contributed by atoms with Gasteiger partial charge in [0, 0.05) is 5.97 Å². The summed E-state index contributed by atoms with van der Waals surface area (Å²) in [4.78, 5) is 11.1. The Morgan fingerprint density at radius 1 is 1.08 bits per heavy atom. The van der Waals surface area contributed by atoms with Crippen LogP contribution >= 0.6 is 0 Å². The summed E-state index contributed by atoms with van der Waals surface area (Å²) in [7, 11) is 0. The fraction of sp³-hybridized carbons (Fsp3) is 0.591. The van der Waals surface area contributed by atoms with E-state index in [2.05, 4.69) is 58.9 Å². The summed E-state index contributed by atoms with van der Waals surface area (Å²) in [5.41, 5.74) is 5.40. The van der Waals surface area contributed by atoms with Crippen LogP contribution in [0.25, 0.3) is 0 Å². The lowest BCUT2D eigenvalue weighted by Crippen LogP contribution is -2.24. The minimum Gasteiger partial charge on any atom is -0.550 e. The summed E-state index contributed by atoms with van der Waals surface area (Å²) in [6.07, 6.45) is 14.0. The fourth-order valence-corrected chi connectivity index (χ4v) is 3.17. The number of carboxylic acid groups (broad SMARTS) is 1. The predicted molar refractivity (Wildman–Crippen MR) is 100 cm³/mol. The lowest BCUT2D eigenvalue weighted by Gasteiger charge is -2.16. The SMILES string of the molecule is C/C1=C/CC/C(C)=C/[C@H](CC(=O)[O-])C/C(C)=C\C=C(/C(C)C)CC1. The molecule has 0 amide bonds. The number of carbonyl (C=O) groups excluding carboxylic acids is 1. The first-order valence-electron chi connectivity index (χ1n) is 9.17. The zero-order valence-corrected chi connectivity index (χ0v) is 16.0. The van der Waals surface area contributed by atoms with Crippen LogP contribution < -0.4 is 5.11 Å². The summed E-state index contributed by atoms with van der Waals surface area (Å²) in [6.45, 7) is 10.9. The van der Waals surface area contributed by atoms with E-state index < -0.39 is 5.97 Å². The van der Waals surface area contributed by atoms with E-state index in [-0.39, 0.29) is 12.3 Å². The molecule has 0 unspecified atom stereocenters. The number of hydrogen-bond donors (Lipinski definition) is 0. The van der Waals surface area contributed by atoms with Crippen LogP contribution in [0.1, 0.15) is 73.1 Å². The molecule has 0 heterocycles. The summed E-state index contributed by atoms with van der Waals surface area (Å²) >= 11 is 0. The van der Waals surface area contributed by atoms with Gasteiger partial charge in [0.1, 0.15) is 0 Å². The monoisotopic (exact) mass is 329 g/mol. The number of carboxylic acids is 1. The van der Waals surface area contributed by atoms with Gasteiger partial charge in [-0.2, -0.15) is 0 Å². The van der Waals surface area contributed by atoms with E-state index in [0.29, 0.717) is 5.92 Å². The van der Waals surface area contributed by atoms with E-state index in [1.807, 2.05) is 0 Å². The number of hydrogen-bond acceptors (Lipinski definition) is 2. The Hall–Kier alpha value is -1.57. The molecular weight excluding hydrogens is 296 g/mol. The normalized spacial score (nSPS) is 30.0. The summed E-state index contributed by atoms with van der Waals surface area (Å²) in [5.74, 6) is -0.404. The molecule has 1 aliphatic rings. The standard InChI is InChI=1S/C22H34O2/c1-16(2)21-11-9-17(3)7-6-8-18(4)13-20(15-22(23)24)14-19(5)10-12-21/h7,10,12-13,16,20H,6,8-9,11,14-15H2,1-5H3,(H,23,24)/p-1/b17-7-,18-13+,19-10-,21-12-/t20-/m0/s1. The Kier molecular flexibility index (Phi) is 8.81. The second-order valence-electron chi connectivity index (χ2n) is 7.55. The van der Waals surface area contributed by atoms with Crippen LogP contribution in [-0.2, 0) is 4.79 Å². The molecule has 0 aliphatic heterocycles. The molecule has 2 nitrogen and oxygen atoms in total. The van der Waals surface area contributed by atoms with Gasteiger partial charge >= 0.3 is 0 Å². The van der Waals surface area contributed by atoms with Crippen LogP contribution in [0.4, 0.5) is 0 Å². The molecule has 0 aromatic carbocycles. The molecule has 0 spiro atoms. The van der Waals surface area contributed by atoms with E-state index in [1.54, 1.807) is 0 Å². The number of rotatable bonds is 3. The van der Waals surface area contributed by atoms with Crippen molar-refractivity contribution in [2.75, 3.05) is 0 Å². The molecule has 0 saturated carbocycles. The first-order valence-corrected chi connectivity index (χ1v) is 9.17. The van der Waals surface area contributed by atoms with Gasteiger partial charge < -0.3 is 9.90 Å². The van der Waals surface area contributed by atoms with Gasteiger partial charge in [0.15, 0.2) is 0 Å². The third-order valence-electron chi connectivity index (χ3n) is 4.70. The minimum absolute atomic E-state index is 0.0233. The van der Waals surface area contributed by atoms with E-state index in [9.17, 15) is 9.90 Å². The average molecular weight is 330 g/mol. The second-order valence-corrected chi connectivity index (χ2v) is 7.55. The molecule has 134 valence electrons.